The van der Waals surface area contributed by atoms with E-state index in [1.165, 1.54) is 10.4 Å². The van der Waals surface area contributed by atoms with Crippen LogP contribution in [0.25, 0.3) is 21.3 Å². The fraction of sp³-hybridized carbons (Fsp3) is 0.429. The van der Waals surface area contributed by atoms with Crippen molar-refractivity contribution in [3.63, 3.8) is 0 Å². The van der Waals surface area contributed by atoms with Gasteiger partial charge in [0.25, 0.3) is 0 Å². The van der Waals surface area contributed by atoms with E-state index >= 15 is 0 Å². The predicted molar refractivity (Wildman–Crippen MR) is 148 cm³/mol. The number of anilines is 2. The molecule has 0 aliphatic carbocycles. The number of thiophene rings is 1. The molecule has 1 aromatic carbocycles. The molecule has 1 amide bonds. The maximum absolute atomic E-state index is 12.4. The highest BCUT2D eigenvalue weighted by atomic mass is 32.1. The third-order valence-corrected chi connectivity index (χ3v) is 7.97. The quantitative estimate of drug-likeness (QED) is 0.339. The highest BCUT2D eigenvalue weighted by Crippen LogP contribution is 2.44. The van der Waals surface area contributed by atoms with Gasteiger partial charge in [0.1, 0.15) is 11.4 Å². The highest BCUT2D eigenvalue weighted by molar-refractivity contribution is 7.19. The number of likely N-dealkylation sites (tertiary alicyclic amines) is 1. The van der Waals surface area contributed by atoms with Crippen molar-refractivity contribution in [1.82, 2.24) is 24.6 Å². The van der Waals surface area contributed by atoms with Crippen LogP contribution >= 0.6 is 11.3 Å². The molecule has 4 aromatic rings. The molecule has 10 heteroatoms. The van der Waals surface area contributed by atoms with Crippen LogP contribution in [0.3, 0.4) is 0 Å². The molecule has 0 atom stereocenters. The Hall–Kier alpha value is -3.66. The van der Waals surface area contributed by atoms with Gasteiger partial charge in [-0.2, -0.15) is 5.10 Å². The second-order valence-corrected chi connectivity index (χ2v) is 12.1. The molecule has 0 unspecified atom stereocenters. The summed E-state index contributed by atoms with van der Waals surface area (Å²) >= 11 is 1.70. The average Bonchev–Trinajstić information content (AvgIpc) is 3.61. The number of para-hydroxylation sites is 1. The standard InChI is InChI=1S/C28H32N6O3S/c1-17-23(21-7-5-6-18-10-13-36-25(18)21)24-22(38-17)15-29-26(32-24)31-19-14-30-34(16-19)20-8-11-33(12-9-20)27(35)37-28(2,3)4/h5-7,14-16,20H,8-13H2,1-4H3,(H,29,31,32). The van der Waals surface area contributed by atoms with Crippen molar-refractivity contribution in [2.24, 2.45) is 0 Å². The lowest BCUT2D eigenvalue weighted by molar-refractivity contribution is 0.0185. The number of nitrogens with one attached hydrogen (secondary N) is 1. The van der Waals surface area contributed by atoms with Gasteiger partial charge in [-0.1, -0.05) is 18.2 Å². The molecule has 9 nitrogen and oxygen atoms in total. The van der Waals surface area contributed by atoms with Crippen molar-refractivity contribution < 1.29 is 14.3 Å². The molecule has 198 valence electrons. The predicted octanol–water partition coefficient (Wildman–Crippen LogP) is 6.11. The monoisotopic (exact) mass is 532 g/mol. The van der Waals surface area contributed by atoms with Gasteiger partial charge in [-0.05, 0) is 46.1 Å². The topological polar surface area (TPSA) is 94.4 Å². The second-order valence-electron chi connectivity index (χ2n) is 10.9. The zero-order chi connectivity index (χ0) is 26.4. The number of nitrogens with zero attached hydrogens (tertiary/aromatic N) is 5. The molecule has 0 spiro atoms. The molecule has 3 aromatic heterocycles. The van der Waals surface area contributed by atoms with Crippen LogP contribution in [-0.4, -0.2) is 56.0 Å². The van der Waals surface area contributed by atoms with Crippen LogP contribution in [0.4, 0.5) is 16.4 Å². The minimum absolute atomic E-state index is 0.221. The summed E-state index contributed by atoms with van der Waals surface area (Å²) in [6.45, 7) is 9.81. The van der Waals surface area contributed by atoms with Crippen LogP contribution in [0.2, 0.25) is 0 Å². The van der Waals surface area contributed by atoms with Gasteiger partial charge in [0.2, 0.25) is 5.95 Å². The van der Waals surface area contributed by atoms with E-state index < -0.39 is 5.60 Å². The molecule has 0 bridgehead atoms. The number of piperidine rings is 1. The van der Waals surface area contributed by atoms with Crippen LogP contribution < -0.4 is 10.1 Å². The summed E-state index contributed by atoms with van der Waals surface area (Å²) in [7, 11) is 0. The molecule has 38 heavy (non-hydrogen) atoms. The number of amides is 1. The maximum atomic E-state index is 12.4. The Bertz CT molecular complexity index is 1500. The van der Waals surface area contributed by atoms with Crippen LogP contribution in [-0.2, 0) is 11.2 Å². The average molecular weight is 533 g/mol. The third kappa shape index (κ3) is 4.80. The summed E-state index contributed by atoms with van der Waals surface area (Å²) in [5.41, 5.74) is 4.73. The largest absolute Gasteiger partial charge is 0.492 e. The van der Waals surface area contributed by atoms with Gasteiger partial charge in [0, 0.05) is 41.7 Å². The summed E-state index contributed by atoms with van der Waals surface area (Å²) in [6, 6.07) is 6.57. The number of carbonyl (C=O) groups excluding carboxylic acids is 1. The zero-order valence-electron chi connectivity index (χ0n) is 22.2. The number of fused-ring (bicyclic) bond motifs is 2. The molecule has 1 N–H and O–H groups in total. The Morgan fingerprint density at radius 2 is 2.03 bits per heavy atom. The number of carbonyl (C=O) groups is 1. The van der Waals surface area contributed by atoms with Gasteiger partial charge in [-0.15, -0.1) is 11.3 Å². The Morgan fingerprint density at radius 1 is 1.21 bits per heavy atom. The molecule has 5 heterocycles. The van der Waals surface area contributed by atoms with Crippen molar-refractivity contribution >= 4 is 39.3 Å². The van der Waals surface area contributed by atoms with E-state index in [4.69, 9.17) is 14.5 Å². The summed E-state index contributed by atoms with van der Waals surface area (Å²) < 4.78 is 14.5. The number of rotatable bonds is 4. The van der Waals surface area contributed by atoms with Gasteiger partial charge >= 0.3 is 6.09 Å². The molecule has 2 aliphatic heterocycles. The number of aromatic nitrogens is 4. The number of hydrogen-bond donors (Lipinski definition) is 1. The lowest BCUT2D eigenvalue weighted by Crippen LogP contribution is -2.42. The van der Waals surface area contributed by atoms with Crippen molar-refractivity contribution in [1.29, 1.82) is 0 Å². The van der Waals surface area contributed by atoms with Crippen molar-refractivity contribution in [3.8, 4) is 16.9 Å². The first-order valence-electron chi connectivity index (χ1n) is 13.1. The Morgan fingerprint density at radius 3 is 2.82 bits per heavy atom. The molecule has 1 saturated heterocycles. The fourth-order valence-corrected chi connectivity index (χ4v) is 6.16. The van der Waals surface area contributed by atoms with E-state index in [1.54, 1.807) is 22.4 Å². The van der Waals surface area contributed by atoms with Gasteiger partial charge in [-0.25, -0.2) is 14.8 Å². The molecule has 1 fully saturated rings. The summed E-state index contributed by atoms with van der Waals surface area (Å²) in [5, 5.41) is 7.92. The van der Waals surface area contributed by atoms with Crippen molar-refractivity contribution in [2.75, 3.05) is 25.0 Å². The van der Waals surface area contributed by atoms with E-state index in [0.29, 0.717) is 19.0 Å². The second kappa shape index (κ2) is 9.58. The minimum Gasteiger partial charge on any atom is -0.492 e. The normalized spacial score (nSPS) is 15.9. The Kier molecular flexibility index (Phi) is 6.22. The molecule has 0 radical (unpaired) electrons. The first-order valence-corrected chi connectivity index (χ1v) is 13.9. The number of aryl methyl sites for hydroxylation is 1. The van der Waals surface area contributed by atoms with E-state index in [0.717, 1.165) is 58.6 Å². The van der Waals surface area contributed by atoms with Crippen LogP contribution in [0.1, 0.15) is 50.1 Å². The summed E-state index contributed by atoms with van der Waals surface area (Å²) in [6.07, 6.45) is 8.00. The van der Waals surface area contributed by atoms with E-state index in [9.17, 15) is 4.79 Å². The lowest BCUT2D eigenvalue weighted by Gasteiger charge is -2.33. The van der Waals surface area contributed by atoms with E-state index in [1.807, 2.05) is 37.8 Å². The Balaban J connectivity index is 1.18. The van der Waals surface area contributed by atoms with Gasteiger partial charge < -0.3 is 19.7 Å². The number of ether oxygens (including phenoxy) is 2. The molecule has 2 aliphatic rings. The smallest absolute Gasteiger partial charge is 0.410 e. The van der Waals surface area contributed by atoms with E-state index in [-0.39, 0.29) is 12.1 Å². The highest BCUT2D eigenvalue weighted by Gasteiger charge is 2.28. The first kappa shape index (κ1) is 24.7. The summed E-state index contributed by atoms with van der Waals surface area (Å²) in [4.78, 5) is 24.8. The Labute approximate surface area is 225 Å². The van der Waals surface area contributed by atoms with Gasteiger partial charge in [-0.3, -0.25) is 4.68 Å². The number of hydrogen-bond acceptors (Lipinski definition) is 8. The van der Waals surface area contributed by atoms with Crippen LogP contribution in [0, 0.1) is 6.92 Å². The molecular formula is C28H32N6O3S. The van der Waals surface area contributed by atoms with Crippen molar-refractivity contribution in [2.45, 2.75) is 58.6 Å². The fourth-order valence-electron chi connectivity index (χ4n) is 5.17. The first-order chi connectivity index (χ1) is 18.2. The lowest BCUT2D eigenvalue weighted by atomic mass is 10.0. The van der Waals surface area contributed by atoms with Crippen LogP contribution in [0.5, 0.6) is 5.75 Å². The number of benzene rings is 1. The van der Waals surface area contributed by atoms with Gasteiger partial charge in [0.15, 0.2) is 0 Å². The third-order valence-electron chi connectivity index (χ3n) is 6.94. The van der Waals surface area contributed by atoms with Gasteiger partial charge in [0.05, 0.1) is 40.9 Å². The molecule has 0 saturated carbocycles. The van der Waals surface area contributed by atoms with E-state index in [2.05, 4.69) is 40.5 Å². The zero-order valence-corrected chi connectivity index (χ0v) is 23.0. The summed E-state index contributed by atoms with van der Waals surface area (Å²) in [5.74, 6) is 1.51. The minimum atomic E-state index is -0.487. The molecule has 6 rings (SSSR count). The van der Waals surface area contributed by atoms with Crippen molar-refractivity contribution in [3.05, 3.63) is 47.2 Å². The van der Waals surface area contributed by atoms with Crippen LogP contribution in [0.15, 0.2) is 36.8 Å². The SMILES string of the molecule is Cc1sc2cnc(Nc3cnn(C4CCN(C(=O)OC(C)(C)C)CC4)c3)nc2c1-c1cccc2c1OCC2. The molecular weight excluding hydrogens is 500 g/mol. The maximum Gasteiger partial charge on any atom is 0.410 e.